The van der Waals surface area contributed by atoms with E-state index in [4.69, 9.17) is 4.43 Å². The third-order valence-electron chi connectivity index (χ3n) is 3.79. The summed E-state index contributed by atoms with van der Waals surface area (Å²) < 4.78 is 6.15. The number of rotatable bonds is 8. The summed E-state index contributed by atoms with van der Waals surface area (Å²) in [7, 11) is -1.55. The van der Waals surface area contributed by atoms with E-state index < -0.39 is 8.32 Å². The number of allylic oxidation sites excluding steroid dienone is 2. The first-order valence-corrected chi connectivity index (χ1v) is 9.53. The van der Waals surface area contributed by atoms with Gasteiger partial charge in [0.1, 0.15) is 0 Å². The molecule has 0 aliphatic carbocycles. The number of hydrogen-bond acceptors (Lipinski definition) is 1. The molecule has 0 bridgehead atoms. The molecule has 0 amide bonds. The van der Waals surface area contributed by atoms with Gasteiger partial charge >= 0.3 is 0 Å². The Morgan fingerprint density at radius 1 is 1.24 bits per heavy atom. The van der Waals surface area contributed by atoms with Crippen LogP contribution in [0.25, 0.3) is 0 Å². The van der Waals surface area contributed by atoms with Crippen LogP contribution in [0.15, 0.2) is 25.3 Å². The summed E-state index contributed by atoms with van der Waals surface area (Å²) in [6.07, 6.45) is 7.32. The van der Waals surface area contributed by atoms with Crippen LogP contribution in [-0.4, -0.2) is 14.9 Å². The van der Waals surface area contributed by atoms with Gasteiger partial charge in [-0.25, -0.2) is 0 Å². The van der Waals surface area contributed by atoms with Crippen molar-refractivity contribution in [2.75, 3.05) is 6.61 Å². The van der Waals surface area contributed by atoms with Crippen molar-refractivity contribution in [1.29, 1.82) is 0 Å². The lowest BCUT2D eigenvalue weighted by atomic mass is 10.0. The first kappa shape index (κ1) is 16.7. The van der Waals surface area contributed by atoms with Crippen molar-refractivity contribution in [3.05, 3.63) is 25.3 Å². The molecule has 0 aromatic carbocycles. The van der Waals surface area contributed by atoms with Gasteiger partial charge in [-0.05, 0) is 43.3 Å². The highest BCUT2D eigenvalue weighted by Crippen LogP contribution is 2.36. The minimum atomic E-state index is -1.55. The summed E-state index contributed by atoms with van der Waals surface area (Å²) in [5.74, 6) is 0.565. The van der Waals surface area contributed by atoms with Gasteiger partial charge in [-0.2, -0.15) is 0 Å². The molecule has 0 saturated heterocycles. The third kappa shape index (κ3) is 6.23. The lowest BCUT2D eigenvalue weighted by molar-refractivity contribution is 0.273. The van der Waals surface area contributed by atoms with Crippen LogP contribution in [0.5, 0.6) is 0 Å². The standard InChI is InChI=1S/C15H30OSi/c1-8-11-14(9-2)12-10-13-16-17(6,7)15(3,4)5/h8-9,14H,1-2,10-13H2,3-7H3. The fraction of sp³-hybridized carbons (Fsp3) is 0.733. The first-order valence-electron chi connectivity index (χ1n) is 6.62. The minimum Gasteiger partial charge on any atom is -0.417 e. The van der Waals surface area contributed by atoms with Crippen LogP contribution < -0.4 is 0 Å². The Labute approximate surface area is 109 Å². The average molecular weight is 254 g/mol. The minimum absolute atomic E-state index is 0.311. The summed E-state index contributed by atoms with van der Waals surface area (Å²) in [6, 6.07) is 0. The zero-order valence-electron chi connectivity index (χ0n) is 12.4. The fourth-order valence-corrected chi connectivity index (χ4v) is 2.52. The van der Waals surface area contributed by atoms with Crippen molar-refractivity contribution in [2.45, 2.75) is 58.2 Å². The van der Waals surface area contributed by atoms with Gasteiger partial charge in [0.2, 0.25) is 0 Å². The van der Waals surface area contributed by atoms with Crippen LogP contribution in [-0.2, 0) is 4.43 Å². The lowest BCUT2D eigenvalue weighted by Gasteiger charge is -2.36. The van der Waals surface area contributed by atoms with E-state index >= 15 is 0 Å². The van der Waals surface area contributed by atoms with Crippen molar-refractivity contribution < 1.29 is 4.43 Å². The highest BCUT2D eigenvalue weighted by atomic mass is 28.4. The predicted octanol–water partition coefficient (Wildman–Crippen LogP) is 5.17. The van der Waals surface area contributed by atoms with Crippen molar-refractivity contribution in [3.8, 4) is 0 Å². The molecule has 100 valence electrons. The van der Waals surface area contributed by atoms with E-state index in [0.29, 0.717) is 11.0 Å². The number of hydrogen-bond donors (Lipinski definition) is 0. The Balaban J connectivity index is 3.92. The quantitative estimate of drug-likeness (QED) is 0.330. The van der Waals surface area contributed by atoms with Crippen molar-refractivity contribution >= 4 is 8.32 Å². The van der Waals surface area contributed by atoms with E-state index in [1.54, 1.807) is 0 Å². The van der Waals surface area contributed by atoms with Crippen molar-refractivity contribution in [1.82, 2.24) is 0 Å². The molecule has 2 heteroatoms. The maximum atomic E-state index is 6.15. The van der Waals surface area contributed by atoms with E-state index in [9.17, 15) is 0 Å². The zero-order valence-corrected chi connectivity index (χ0v) is 13.4. The molecule has 0 aliphatic rings. The molecule has 0 aliphatic heterocycles. The summed E-state index contributed by atoms with van der Waals surface area (Å²) in [5.41, 5.74) is 0. The molecule has 0 rings (SSSR count). The molecule has 0 saturated carbocycles. The average Bonchev–Trinajstić information content (AvgIpc) is 2.21. The van der Waals surface area contributed by atoms with Crippen LogP contribution in [0.1, 0.15) is 40.0 Å². The molecular formula is C15H30OSi. The molecule has 0 aromatic rings. The monoisotopic (exact) mass is 254 g/mol. The van der Waals surface area contributed by atoms with Gasteiger partial charge in [-0.15, -0.1) is 13.2 Å². The molecule has 0 aromatic heterocycles. The Bertz CT molecular complexity index is 238. The second-order valence-corrected chi connectivity index (χ2v) is 11.1. The summed E-state index contributed by atoms with van der Waals surface area (Å²) in [5, 5.41) is 0.311. The Hall–Kier alpha value is -0.343. The predicted molar refractivity (Wildman–Crippen MR) is 80.9 cm³/mol. The smallest absolute Gasteiger partial charge is 0.191 e. The maximum Gasteiger partial charge on any atom is 0.191 e. The van der Waals surface area contributed by atoms with Crippen molar-refractivity contribution in [2.24, 2.45) is 5.92 Å². The van der Waals surface area contributed by atoms with E-state index in [0.717, 1.165) is 25.9 Å². The summed E-state index contributed by atoms with van der Waals surface area (Å²) in [6.45, 7) is 20.0. The molecule has 0 N–H and O–H groups in total. The highest BCUT2D eigenvalue weighted by molar-refractivity contribution is 6.74. The molecule has 0 radical (unpaired) electrons. The van der Waals surface area contributed by atoms with Crippen LogP contribution in [0.4, 0.5) is 0 Å². The normalized spacial score (nSPS) is 14.4. The summed E-state index contributed by atoms with van der Waals surface area (Å²) >= 11 is 0. The second kappa shape index (κ2) is 7.17. The van der Waals surface area contributed by atoms with E-state index in [-0.39, 0.29) is 0 Å². The SMILES string of the molecule is C=CCC(C=C)CCCO[Si](C)(C)C(C)(C)C. The van der Waals surface area contributed by atoms with E-state index in [1.807, 2.05) is 12.2 Å². The molecule has 1 nitrogen and oxygen atoms in total. The van der Waals surface area contributed by atoms with Crippen LogP contribution in [0.2, 0.25) is 18.1 Å². The van der Waals surface area contributed by atoms with Crippen LogP contribution in [0, 0.1) is 5.92 Å². The topological polar surface area (TPSA) is 9.23 Å². The lowest BCUT2D eigenvalue weighted by Crippen LogP contribution is -2.41. The fourth-order valence-electron chi connectivity index (χ4n) is 1.44. The molecule has 0 spiro atoms. The van der Waals surface area contributed by atoms with E-state index in [1.165, 1.54) is 0 Å². The maximum absolute atomic E-state index is 6.15. The van der Waals surface area contributed by atoms with E-state index in [2.05, 4.69) is 47.0 Å². The largest absolute Gasteiger partial charge is 0.417 e. The van der Waals surface area contributed by atoms with Crippen LogP contribution in [0.3, 0.4) is 0 Å². The summed E-state index contributed by atoms with van der Waals surface area (Å²) in [4.78, 5) is 0. The van der Waals surface area contributed by atoms with Gasteiger partial charge in [0.05, 0.1) is 0 Å². The van der Waals surface area contributed by atoms with Gasteiger partial charge in [0.25, 0.3) is 0 Å². The molecular weight excluding hydrogens is 224 g/mol. The van der Waals surface area contributed by atoms with Gasteiger partial charge in [0, 0.05) is 6.61 Å². The Kier molecular flexibility index (Phi) is 7.03. The molecule has 1 unspecified atom stereocenters. The second-order valence-electron chi connectivity index (χ2n) is 6.27. The Morgan fingerprint density at radius 2 is 1.82 bits per heavy atom. The molecule has 17 heavy (non-hydrogen) atoms. The first-order chi connectivity index (χ1) is 7.74. The molecule has 0 heterocycles. The highest BCUT2D eigenvalue weighted by Gasteiger charge is 2.36. The zero-order chi connectivity index (χ0) is 13.5. The molecule has 1 atom stereocenters. The van der Waals surface area contributed by atoms with Crippen molar-refractivity contribution in [3.63, 3.8) is 0 Å². The van der Waals surface area contributed by atoms with Crippen LogP contribution >= 0.6 is 0 Å². The molecule has 0 fully saturated rings. The third-order valence-corrected chi connectivity index (χ3v) is 8.33. The van der Waals surface area contributed by atoms with Gasteiger partial charge in [-0.3, -0.25) is 0 Å². The Morgan fingerprint density at radius 3 is 2.24 bits per heavy atom. The van der Waals surface area contributed by atoms with Gasteiger partial charge < -0.3 is 4.43 Å². The van der Waals surface area contributed by atoms with Gasteiger partial charge in [-0.1, -0.05) is 32.9 Å². The van der Waals surface area contributed by atoms with Gasteiger partial charge in [0.15, 0.2) is 8.32 Å².